The summed E-state index contributed by atoms with van der Waals surface area (Å²) in [6.45, 7) is 5.82. The third kappa shape index (κ3) is 4.04. The van der Waals surface area contributed by atoms with Crippen LogP contribution in [-0.2, 0) is 9.59 Å². The van der Waals surface area contributed by atoms with Crippen molar-refractivity contribution in [2.75, 3.05) is 31.5 Å². The molecule has 1 fully saturated rings. The Kier molecular flexibility index (Phi) is 5.52. The molecule has 1 heterocycles. The van der Waals surface area contributed by atoms with E-state index in [4.69, 9.17) is 0 Å². The van der Waals surface area contributed by atoms with E-state index < -0.39 is 5.82 Å². The Balaban J connectivity index is 1.94. The number of anilines is 1. The summed E-state index contributed by atoms with van der Waals surface area (Å²) in [4.78, 5) is 27.3. The number of nitrogens with zero attached hydrogens (tertiary/aromatic N) is 2. The SMILES string of the molecule is CC(=O)N1CCN(C(C)C(=O)Nc2ccc(Br)cc2F)CC1. The van der Waals surface area contributed by atoms with Crippen molar-refractivity contribution in [3.05, 3.63) is 28.5 Å². The van der Waals surface area contributed by atoms with Crippen LogP contribution in [0, 0.1) is 5.82 Å². The molecule has 0 aliphatic carbocycles. The monoisotopic (exact) mass is 371 g/mol. The first-order valence-electron chi connectivity index (χ1n) is 7.14. The van der Waals surface area contributed by atoms with Gasteiger partial charge < -0.3 is 10.2 Å². The maximum atomic E-state index is 13.8. The minimum Gasteiger partial charge on any atom is -0.340 e. The van der Waals surface area contributed by atoms with E-state index in [9.17, 15) is 14.0 Å². The fourth-order valence-corrected chi connectivity index (χ4v) is 2.75. The van der Waals surface area contributed by atoms with Gasteiger partial charge in [0.2, 0.25) is 11.8 Å². The van der Waals surface area contributed by atoms with E-state index in [1.807, 2.05) is 4.90 Å². The van der Waals surface area contributed by atoms with Gasteiger partial charge in [-0.3, -0.25) is 14.5 Å². The molecule has 1 atom stereocenters. The summed E-state index contributed by atoms with van der Waals surface area (Å²) in [5.74, 6) is -0.678. The number of halogens is 2. The van der Waals surface area contributed by atoms with E-state index >= 15 is 0 Å². The number of amides is 2. The fourth-order valence-electron chi connectivity index (χ4n) is 2.42. The number of nitrogens with one attached hydrogen (secondary N) is 1. The Morgan fingerprint density at radius 1 is 1.27 bits per heavy atom. The summed E-state index contributed by atoms with van der Waals surface area (Å²) >= 11 is 3.18. The van der Waals surface area contributed by atoms with Gasteiger partial charge in [-0.25, -0.2) is 4.39 Å². The van der Waals surface area contributed by atoms with E-state index in [-0.39, 0.29) is 23.5 Å². The van der Waals surface area contributed by atoms with Gasteiger partial charge in [0, 0.05) is 37.6 Å². The second kappa shape index (κ2) is 7.19. The summed E-state index contributed by atoms with van der Waals surface area (Å²) in [6.07, 6.45) is 0. The third-order valence-electron chi connectivity index (χ3n) is 3.88. The van der Waals surface area contributed by atoms with Crippen molar-refractivity contribution in [2.45, 2.75) is 19.9 Å². The minimum absolute atomic E-state index is 0.0497. The highest BCUT2D eigenvalue weighted by Gasteiger charge is 2.26. The summed E-state index contributed by atoms with van der Waals surface area (Å²) < 4.78 is 14.4. The number of hydrogen-bond donors (Lipinski definition) is 1. The minimum atomic E-state index is -0.476. The lowest BCUT2D eigenvalue weighted by molar-refractivity contribution is -0.131. The van der Waals surface area contributed by atoms with E-state index in [0.29, 0.717) is 30.7 Å². The normalized spacial score (nSPS) is 17.2. The van der Waals surface area contributed by atoms with Gasteiger partial charge in [0.1, 0.15) is 5.82 Å². The molecular formula is C15H19BrFN3O2. The lowest BCUT2D eigenvalue weighted by atomic mass is 10.2. The zero-order valence-electron chi connectivity index (χ0n) is 12.6. The molecule has 1 aliphatic heterocycles. The molecule has 0 spiro atoms. The summed E-state index contributed by atoms with van der Waals surface area (Å²) in [5.41, 5.74) is 0.169. The lowest BCUT2D eigenvalue weighted by Crippen LogP contribution is -2.53. The number of benzene rings is 1. The van der Waals surface area contributed by atoms with Crippen LogP contribution in [0.3, 0.4) is 0 Å². The molecule has 0 saturated carbocycles. The van der Waals surface area contributed by atoms with Crippen molar-refractivity contribution >= 4 is 33.4 Å². The molecular weight excluding hydrogens is 353 g/mol. The maximum Gasteiger partial charge on any atom is 0.241 e. The number of carbonyl (C=O) groups is 2. The molecule has 1 aromatic rings. The van der Waals surface area contributed by atoms with E-state index in [0.717, 1.165) is 0 Å². The molecule has 1 unspecified atom stereocenters. The van der Waals surface area contributed by atoms with Crippen molar-refractivity contribution in [3.63, 3.8) is 0 Å². The Labute approximate surface area is 137 Å². The molecule has 1 aromatic carbocycles. The highest BCUT2D eigenvalue weighted by Crippen LogP contribution is 2.20. The first-order valence-corrected chi connectivity index (χ1v) is 7.93. The zero-order valence-corrected chi connectivity index (χ0v) is 14.2. The summed E-state index contributed by atoms with van der Waals surface area (Å²) in [5, 5.41) is 2.61. The van der Waals surface area contributed by atoms with Gasteiger partial charge in [-0.2, -0.15) is 0 Å². The molecule has 7 heteroatoms. The van der Waals surface area contributed by atoms with Gasteiger partial charge in [-0.05, 0) is 25.1 Å². The predicted octanol–water partition coefficient (Wildman–Crippen LogP) is 2.08. The Bertz CT molecular complexity index is 574. The Morgan fingerprint density at radius 2 is 1.91 bits per heavy atom. The largest absolute Gasteiger partial charge is 0.340 e. The average molecular weight is 372 g/mol. The number of rotatable bonds is 3. The second-order valence-electron chi connectivity index (χ2n) is 5.33. The van der Waals surface area contributed by atoms with Crippen LogP contribution in [0.2, 0.25) is 0 Å². The molecule has 0 radical (unpaired) electrons. The van der Waals surface area contributed by atoms with Crippen LogP contribution >= 0.6 is 15.9 Å². The van der Waals surface area contributed by atoms with Crippen LogP contribution in [0.5, 0.6) is 0 Å². The van der Waals surface area contributed by atoms with Gasteiger partial charge in [0.15, 0.2) is 0 Å². The molecule has 120 valence electrons. The van der Waals surface area contributed by atoms with Crippen LogP contribution in [0.15, 0.2) is 22.7 Å². The maximum absolute atomic E-state index is 13.8. The van der Waals surface area contributed by atoms with Crippen molar-refractivity contribution in [3.8, 4) is 0 Å². The molecule has 5 nitrogen and oxygen atoms in total. The molecule has 2 rings (SSSR count). The zero-order chi connectivity index (χ0) is 16.3. The van der Waals surface area contributed by atoms with Gasteiger partial charge >= 0.3 is 0 Å². The first-order chi connectivity index (χ1) is 10.4. The highest BCUT2D eigenvalue weighted by atomic mass is 79.9. The van der Waals surface area contributed by atoms with Gasteiger partial charge in [-0.15, -0.1) is 0 Å². The quantitative estimate of drug-likeness (QED) is 0.884. The summed E-state index contributed by atoms with van der Waals surface area (Å²) in [7, 11) is 0. The van der Waals surface area contributed by atoms with Crippen LogP contribution in [0.1, 0.15) is 13.8 Å². The predicted molar refractivity (Wildman–Crippen MR) is 86.0 cm³/mol. The molecule has 1 aliphatic rings. The topological polar surface area (TPSA) is 52.7 Å². The van der Waals surface area contributed by atoms with E-state index in [1.54, 1.807) is 24.8 Å². The fraction of sp³-hybridized carbons (Fsp3) is 0.467. The van der Waals surface area contributed by atoms with Crippen molar-refractivity contribution in [1.29, 1.82) is 0 Å². The average Bonchev–Trinajstić information content (AvgIpc) is 2.49. The molecule has 0 bridgehead atoms. The highest BCUT2D eigenvalue weighted by molar-refractivity contribution is 9.10. The van der Waals surface area contributed by atoms with E-state index in [1.165, 1.54) is 12.1 Å². The van der Waals surface area contributed by atoms with Crippen molar-refractivity contribution in [2.24, 2.45) is 0 Å². The Hall–Kier alpha value is -1.47. The molecule has 22 heavy (non-hydrogen) atoms. The van der Waals surface area contributed by atoms with Gasteiger partial charge in [0.05, 0.1) is 11.7 Å². The van der Waals surface area contributed by atoms with Crippen molar-refractivity contribution in [1.82, 2.24) is 9.80 Å². The van der Waals surface area contributed by atoms with Crippen LogP contribution in [0.4, 0.5) is 10.1 Å². The van der Waals surface area contributed by atoms with Gasteiger partial charge in [-0.1, -0.05) is 15.9 Å². The van der Waals surface area contributed by atoms with Crippen LogP contribution in [0.25, 0.3) is 0 Å². The van der Waals surface area contributed by atoms with E-state index in [2.05, 4.69) is 21.2 Å². The molecule has 1 saturated heterocycles. The number of hydrogen-bond acceptors (Lipinski definition) is 3. The standard InChI is InChI=1S/C15H19BrFN3O2/c1-10(19-5-7-20(8-6-19)11(2)21)15(22)18-14-4-3-12(16)9-13(14)17/h3-4,9-10H,5-8H2,1-2H3,(H,18,22). The Morgan fingerprint density at radius 3 is 2.45 bits per heavy atom. The molecule has 1 N–H and O–H groups in total. The summed E-state index contributed by atoms with van der Waals surface area (Å²) in [6, 6.07) is 4.13. The van der Waals surface area contributed by atoms with Crippen LogP contribution in [-0.4, -0.2) is 53.8 Å². The third-order valence-corrected chi connectivity index (χ3v) is 4.37. The number of piperazine rings is 1. The smallest absolute Gasteiger partial charge is 0.241 e. The van der Waals surface area contributed by atoms with Crippen LogP contribution < -0.4 is 5.32 Å². The lowest BCUT2D eigenvalue weighted by Gasteiger charge is -2.37. The van der Waals surface area contributed by atoms with Gasteiger partial charge in [0.25, 0.3) is 0 Å². The number of carbonyl (C=O) groups excluding carboxylic acids is 2. The van der Waals surface area contributed by atoms with Crippen molar-refractivity contribution < 1.29 is 14.0 Å². The molecule has 2 amide bonds. The first kappa shape index (κ1) is 16.9. The second-order valence-corrected chi connectivity index (χ2v) is 6.25. The molecule has 0 aromatic heterocycles.